The van der Waals surface area contributed by atoms with Gasteiger partial charge in [-0.2, -0.15) is 5.10 Å². The monoisotopic (exact) mass is 412 g/mol. The molecule has 30 heavy (non-hydrogen) atoms. The molecule has 0 saturated carbocycles. The number of halogens is 1. The summed E-state index contributed by atoms with van der Waals surface area (Å²) in [5.41, 5.74) is 1.81. The molecule has 0 spiro atoms. The average molecular weight is 412 g/mol. The zero-order valence-electron chi connectivity index (χ0n) is 17.1. The summed E-state index contributed by atoms with van der Waals surface area (Å²) in [4.78, 5) is 21.0. The van der Waals surface area contributed by atoms with Crippen LogP contribution in [0.15, 0.2) is 47.3 Å². The van der Waals surface area contributed by atoms with Crippen molar-refractivity contribution in [3.63, 3.8) is 0 Å². The van der Waals surface area contributed by atoms with Crippen LogP contribution in [-0.2, 0) is 13.6 Å². The van der Waals surface area contributed by atoms with Crippen molar-refractivity contribution in [2.75, 3.05) is 31.1 Å². The van der Waals surface area contributed by atoms with Gasteiger partial charge in [0.2, 0.25) is 5.89 Å². The van der Waals surface area contributed by atoms with Crippen molar-refractivity contribution in [1.29, 1.82) is 0 Å². The Bertz CT molecular complexity index is 1010. The third-order valence-corrected chi connectivity index (χ3v) is 5.28. The van der Waals surface area contributed by atoms with Crippen molar-refractivity contribution in [3.05, 3.63) is 65.9 Å². The Hall–Kier alpha value is -3.20. The number of para-hydroxylation sites is 1. The fraction of sp³-hybridized carbons (Fsp3) is 0.381. The molecule has 158 valence electrons. The predicted molar refractivity (Wildman–Crippen MR) is 109 cm³/mol. The summed E-state index contributed by atoms with van der Waals surface area (Å²) < 4.78 is 21.2. The Labute approximate surface area is 174 Å². The van der Waals surface area contributed by atoms with Gasteiger partial charge in [0, 0.05) is 45.0 Å². The minimum Gasteiger partial charge on any atom is -0.447 e. The van der Waals surface area contributed by atoms with Crippen LogP contribution in [0.1, 0.15) is 34.9 Å². The minimum absolute atomic E-state index is 0.183. The Kier molecular flexibility index (Phi) is 5.80. The van der Waals surface area contributed by atoms with Crippen LogP contribution in [0.5, 0.6) is 0 Å². The molecule has 2 aromatic heterocycles. The lowest BCUT2D eigenvalue weighted by Crippen LogP contribution is -2.46. The number of rotatable bonds is 6. The van der Waals surface area contributed by atoms with E-state index in [4.69, 9.17) is 4.42 Å². The van der Waals surface area contributed by atoms with Gasteiger partial charge >= 0.3 is 0 Å². The molecule has 1 aliphatic heterocycles. The minimum atomic E-state index is -0.286. The van der Waals surface area contributed by atoms with Crippen LogP contribution in [0, 0.1) is 5.82 Å². The maximum Gasteiger partial charge on any atom is 0.273 e. The molecule has 4 rings (SSSR count). The fourth-order valence-corrected chi connectivity index (χ4v) is 3.55. The second kappa shape index (κ2) is 8.66. The second-order valence-electron chi connectivity index (χ2n) is 7.48. The summed E-state index contributed by atoms with van der Waals surface area (Å²) in [5.74, 6) is 0.00839. The zero-order valence-corrected chi connectivity index (χ0v) is 17.1. The number of benzene rings is 1. The summed E-state index contributed by atoms with van der Waals surface area (Å²) in [5, 5.41) is 7.02. The van der Waals surface area contributed by atoms with E-state index in [-0.39, 0.29) is 23.5 Å². The molecule has 0 radical (unpaired) electrons. The van der Waals surface area contributed by atoms with E-state index in [1.807, 2.05) is 31.1 Å². The molecule has 1 saturated heterocycles. The quantitative estimate of drug-likeness (QED) is 0.670. The predicted octanol–water partition coefficient (Wildman–Crippen LogP) is 2.36. The number of amides is 1. The lowest BCUT2D eigenvalue weighted by molar-refractivity contribution is 0.0934. The van der Waals surface area contributed by atoms with E-state index >= 15 is 0 Å². The highest BCUT2D eigenvalue weighted by atomic mass is 19.1. The molecule has 0 aliphatic carbocycles. The van der Waals surface area contributed by atoms with Crippen molar-refractivity contribution in [1.82, 2.24) is 25.0 Å². The summed E-state index contributed by atoms with van der Waals surface area (Å²) >= 11 is 0. The number of hydrogen-bond donors (Lipinski definition) is 1. The van der Waals surface area contributed by atoms with Crippen molar-refractivity contribution in [2.45, 2.75) is 19.5 Å². The van der Waals surface area contributed by atoms with Crippen molar-refractivity contribution in [3.8, 4) is 0 Å². The maximum atomic E-state index is 14.0. The van der Waals surface area contributed by atoms with Gasteiger partial charge in [0.1, 0.15) is 12.1 Å². The lowest BCUT2D eigenvalue weighted by atomic mass is 10.2. The molecule has 3 aromatic rings. The Balaban J connectivity index is 1.29. The summed E-state index contributed by atoms with van der Waals surface area (Å²) in [6.45, 7) is 5.36. The highest BCUT2D eigenvalue weighted by Crippen LogP contribution is 2.21. The van der Waals surface area contributed by atoms with Crippen LogP contribution in [0.25, 0.3) is 0 Å². The molecule has 0 unspecified atom stereocenters. The number of hydrogen-bond acceptors (Lipinski definition) is 6. The Morgan fingerprint density at radius 1 is 1.27 bits per heavy atom. The third-order valence-electron chi connectivity index (χ3n) is 5.28. The summed E-state index contributed by atoms with van der Waals surface area (Å²) in [6, 6.07) is 6.65. The number of piperazine rings is 1. The van der Waals surface area contributed by atoms with Gasteiger partial charge in [-0.1, -0.05) is 12.1 Å². The number of carbonyl (C=O) groups excluding carboxylic acids is 1. The van der Waals surface area contributed by atoms with E-state index in [2.05, 4.69) is 20.3 Å². The van der Waals surface area contributed by atoms with Gasteiger partial charge in [-0.15, -0.1) is 0 Å². The number of aryl methyl sites for hydroxylation is 1. The van der Waals surface area contributed by atoms with Crippen LogP contribution in [0.2, 0.25) is 0 Å². The number of anilines is 1. The first kappa shape index (κ1) is 20.1. The van der Waals surface area contributed by atoms with E-state index in [0.29, 0.717) is 18.1 Å². The van der Waals surface area contributed by atoms with Gasteiger partial charge in [0.05, 0.1) is 24.5 Å². The van der Waals surface area contributed by atoms with Gasteiger partial charge in [-0.05, 0) is 19.1 Å². The molecule has 0 bridgehead atoms. The van der Waals surface area contributed by atoms with Crippen molar-refractivity contribution in [2.24, 2.45) is 7.05 Å². The van der Waals surface area contributed by atoms with Gasteiger partial charge in [-0.25, -0.2) is 9.37 Å². The highest BCUT2D eigenvalue weighted by Gasteiger charge is 2.22. The molecule has 3 heterocycles. The summed E-state index contributed by atoms with van der Waals surface area (Å²) in [7, 11) is 1.83. The van der Waals surface area contributed by atoms with Crippen molar-refractivity contribution >= 4 is 11.6 Å². The normalized spacial score (nSPS) is 15.9. The number of carbonyl (C=O) groups is 1. The SMILES string of the molecule is C[C@@H](NC(=O)c1coc(CN2CCN(c3ccccc3F)CC2)n1)c1cnn(C)c1. The molecule has 1 N–H and O–H groups in total. The molecule has 9 heteroatoms. The molecule has 1 amide bonds. The van der Waals surface area contributed by atoms with Gasteiger partial charge in [0.15, 0.2) is 5.69 Å². The molecular weight excluding hydrogens is 387 g/mol. The van der Waals surface area contributed by atoms with E-state index in [0.717, 1.165) is 31.7 Å². The molecule has 1 fully saturated rings. The van der Waals surface area contributed by atoms with Crippen LogP contribution in [0.3, 0.4) is 0 Å². The first-order valence-corrected chi connectivity index (χ1v) is 9.95. The standard InChI is InChI=1S/C21H25FN6O2/c1-15(16-11-23-26(2)12-16)24-21(29)18-14-30-20(25-18)13-27-7-9-28(10-8-27)19-6-4-3-5-17(19)22/h3-6,11-12,14-15H,7-10,13H2,1-2H3,(H,24,29)/t15-/m1/s1. The zero-order chi connectivity index (χ0) is 21.1. The lowest BCUT2D eigenvalue weighted by Gasteiger charge is -2.35. The molecular formula is C21H25FN6O2. The summed E-state index contributed by atoms with van der Waals surface area (Å²) in [6.07, 6.45) is 4.97. The number of aromatic nitrogens is 3. The van der Waals surface area contributed by atoms with Gasteiger partial charge < -0.3 is 14.6 Å². The fourth-order valence-electron chi connectivity index (χ4n) is 3.55. The maximum absolute atomic E-state index is 14.0. The van der Waals surface area contributed by atoms with Crippen LogP contribution in [-0.4, -0.2) is 51.8 Å². The van der Waals surface area contributed by atoms with Gasteiger partial charge in [-0.3, -0.25) is 14.4 Å². The molecule has 1 aromatic carbocycles. The van der Waals surface area contributed by atoms with E-state index in [1.165, 1.54) is 12.3 Å². The average Bonchev–Trinajstić information content (AvgIpc) is 3.38. The smallest absolute Gasteiger partial charge is 0.273 e. The Morgan fingerprint density at radius 2 is 2.03 bits per heavy atom. The van der Waals surface area contributed by atoms with Crippen LogP contribution in [0.4, 0.5) is 10.1 Å². The van der Waals surface area contributed by atoms with Crippen LogP contribution < -0.4 is 10.2 Å². The number of nitrogens with one attached hydrogen (secondary N) is 1. The van der Waals surface area contributed by atoms with Crippen LogP contribution >= 0.6 is 0 Å². The number of oxazole rings is 1. The van der Waals surface area contributed by atoms with Crippen molar-refractivity contribution < 1.29 is 13.6 Å². The Morgan fingerprint density at radius 3 is 2.73 bits per heavy atom. The third kappa shape index (κ3) is 4.51. The molecule has 1 atom stereocenters. The topological polar surface area (TPSA) is 79.4 Å². The first-order chi connectivity index (χ1) is 14.5. The van der Waals surface area contributed by atoms with Gasteiger partial charge in [0.25, 0.3) is 5.91 Å². The van der Waals surface area contributed by atoms with E-state index < -0.39 is 0 Å². The number of nitrogens with zero attached hydrogens (tertiary/aromatic N) is 5. The molecule has 8 nitrogen and oxygen atoms in total. The highest BCUT2D eigenvalue weighted by molar-refractivity contribution is 5.92. The van der Waals surface area contributed by atoms with E-state index in [9.17, 15) is 9.18 Å². The van der Waals surface area contributed by atoms with E-state index in [1.54, 1.807) is 23.0 Å². The molecule has 1 aliphatic rings. The largest absolute Gasteiger partial charge is 0.447 e. The second-order valence-corrected chi connectivity index (χ2v) is 7.48. The first-order valence-electron chi connectivity index (χ1n) is 9.95.